The van der Waals surface area contributed by atoms with Gasteiger partial charge in [-0.15, -0.1) is 0 Å². The van der Waals surface area contributed by atoms with E-state index in [0.29, 0.717) is 57.7 Å². The zero-order valence-electron chi connectivity index (χ0n) is 25.9. The fraction of sp³-hybridized carbons (Fsp3) is 0.412. The molecule has 2 aromatic carbocycles. The number of rotatable bonds is 8. The lowest BCUT2D eigenvalue weighted by molar-refractivity contribution is -0.136. The average Bonchev–Trinajstić information content (AvgIpc) is 3.33. The van der Waals surface area contributed by atoms with Gasteiger partial charge in [-0.05, 0) is 42.5 Å². The quantitative estimate of drug-likeness (QED) is 0.324. The number of nitrogens with zero attached hydrogens (tertiary/aromatic N) is 3. The minimum Gasteiger partial charge on any atom is -0.445 e. The topological polar surface area (TPSA) is 155 Å². The molecule has 0 aromatic heterocycles. The molecular formula is C34H37N5O8. The van der Waals surface area contributed by atoms with Gasteiger partial charge in [0.1, 0.15) is 12.6 Å². The predicted octanol–water partition coefficient (Wildman–Crippen LogP) is 1.76. The summed E-state index contributed by atoms with van der Waals surface area (Å²) in [4.78, 5) is 80.7. The molecular weight excluding hydrogens is 606 g/mol. The van der Waals surface area contributed by atoms with Crippen LogP contribution in [0.3, 0.4) is 0 Å². The minimum atomic E-state index is -1.02. The van der Waals surface area contributed by atoms with Crippen LogP contribution in [0.4, 0.5) is 4.79 Å². The molecule has 4 heterocycles. The van der Waals surface area contributed by atoms with Crippen LogP contribution in [0.5, 0.6) is 0 Å². The molecule has 3 saturated heterocycles. The molecule has 13 nitrogen and oxygen atoms in total. The van der Waals surface area contributed by atoms with E-state index in [2.05, 4.69) is 15.5 Å². The molecule has 0 bridgehead atoms. The number of morpholine rings is 1. The monoisotopic (exact) mass is 643 g/mol. The second kappa shape index (κ2) is 14.3. The molecule has 1 unspecified atom stereocenters. The number of ether oxygens (including phenoxy) is 2. The lowest BCUT2D eigenvalue weighted by Crippen LogP contribution is -2.54. The van der Waals surface area contributed by atoms with Gasteiger partial charge in [0, 0.05) is 51.3 Å². The van der Waals surface area contributed by atoms with E-state index in [0.717, 1.165) is 10.5 Å². The maximum absolute atomic E-state index is 13.5. The number of amides is 6. The van der Waals surface area contributed by atoms with Gasteiger partial charge in [0.25, 0.3) is 11.8 Å². The number of alkyl carbamates (subject to hydrolysis) is 1. The van der Waals surface area contributed by atoms with Crippen LogP contribution in [0.15, 0.2) is 60.7 Å². The molecule has 4 aliphatic heterocycles. The van der Waals surface area contributed by atoms with Crippen molar-refractivity contribution in [2.75, 3.05) is 32.8 Å². The summed E-state index contributed by atoms with van der Waals surface area (Å²) in [5.74, 6) is -2.26. The fourth-order valence-corrected chi connectivity index (χ4v) is 6.42. The van der Waals surface area contributed by atoms with Gasteiger partial charge in [-0.2, -0.15) is 0 Å². The SMILES string of the molecule is O=C1CCC(N2C(=O)c3cccc(CN4CCO[C@H](/C=C/C(=O)N5CCC(NC(=O)OCc6ccccc6)CC5)C4)c3C2=O)C(=O)N1. The Balaban J connectivity index is 0.985. The molecule has 246 valence electrons. The van der Waals surface area contributed by atoms with E-state index in [-0.39, 0.29) is 48.6 Å². The first kappa shape index (κ1) is 32.1. The molecule has 3 fully saturated rings. The van der Waals surface area contributed by atoms with Crippen LogP contribution in [0.1, 0.15) is 57.5 Å². The fourth-order valence-electron chi connectivity index (χ4n) is 6.42. The highest BCUT2D eigenvalue weighted by atomic mass is 16.5. The molecule has 6 amide bonds. The summed E-state index contributed by atoms with van der Waals surface area (Å²) in [5, 5.41) is 5.10. The number of carbonyl (C=O) groups excluding carboxylic acids is 6. The van der Waals surface area contributed by atoms with Gasteiger partial charge in [-0.25, -0.2) is 4.79 Å². The van der Waals surface area contributed by atoms with E-state index in [1.165, 1.54) is 6.08 Å². The van der Waals surface area contributed by atoms with Crippen LogP contribution >= 0.6 is 0 Å². The Labute approximate surface area is 271 Å². The highest BCUT2D eigenvalue weighted by Crippen LogP contribution is 2.31. The van der Waals surface area contributed by atoms with Crippen molar-refractivity contribution >= 4 is 35.6 Å². The number of nitrogens with one attached hydrogen (secondary N) is 2. The summed E-state index contributed by atoms with van der Waals surface area (Å²) in [6.45, 7) is 3.08. The van der Waals surface area contributed by atoms with E-state index in [9.17, 15) is 28.8 Å². The van der Waals surface area contributed by atoms with Crippen LogP contribution < -0.4 is 10.6 Å². The van der Waals surface area contributed by atoms with Crippen LogP contribution in [-0.4, -0.2) is 101 Å². The number of fused-ring (bicyclic) bond motifs is 1. The van der Waals surface area contributed by atoms with Crippen LogP contribution in [0.25, 0.3) is 0 Å². The molecule has 0 saturated carbocycles. The van der Waals surface area contributed by atoms with Crippen molar-refractivity contribution < 1.29 is 38.2 Å². The van der Waals surface area contributed by atoms with E-state index < -0.39 is 35.8 Å². The molecule has 13 heteroatoms. The van der Waals surface area contributed by atoms with Gasteiger partial charge >= 0.3 is 6.09 Å². The summed E-state index contributed by atoms with van der Waals surface area (Å²) in [5.41, 5.74) is 2.10. The van der Waals surface area contributed by atoms with Crippen molar-refractivity contribution in [2.24, 2.45) is 0 Å². The Kier molecular flexibility index (Phi) is 9.73. The summed E-state index contributed by atoms with van der Waals surface area (Å²) < 4.78 is 11.2. The Morgan fingerprint density at radius 2 is 1.74 bits per heavy atom. The molecule has 2 aromatic rings. The normalized spacial score (nSPS) is 22.4. The highest BCUT2D eigenvalue weighted by molar-refractivity contribution is 6.24. The van der Waals surface area contributed by atoms with Crippen molar-refractivity contribution in [3.8, 4) is 0 Å². The third-order valence-electron chi connectivity index (χ3n) is 8.92. The second-order valence-corrected chi connectivity index (χ2v) is 12.1. The number of likely N-dealkylation sites (tertiary alicyclic amines) is 1. The number of hydrogen-bond acceptors (Lipinski definition) is 9. The van der Waals surface area contributed by atoms with E-state index in [1.807, 2.05) is 30.3 Å². The van der Waals surface area contributed by atoms with E-state index in [4.69, 9.17) is 9.47 Å². The number of benzene rings is 2. The molecule has 0 aliphatic carbocycles. The van der Waals surface area contributed by atoms with Gasteiger partial charge in [0.15, 0.2) is 0 Å². The summed E-state index contributed by atoms with van der Waals surface area (Å²) in [6, 6.07) is 13.5. The minimum absolute atomic E-state index is 0.0589. The standard InChI is InChI=1S/C34H37N5O8/c40-28-11-10-27(31(42)36-28)39-32(43)26-8-4-7-23(30(26)33(39)44)19-37-17-18-46-25(20-37)9-12-29(41)38-15-13-24(14-16-38)35-34(45)47-21-22-5-2-1-3-6-22/h1-9,12,24-25,27H,10-11,13-21H2,(H,35,45)(H,36,40,42)/b12-9+/t25-,27?/m1/s1. The second-order valence-electron chi connectivity index (χ2n) is 12.1. The predicted molar refractivity (Wildman–Crippen MR) is 167 cm³/mol. The Morgan fingerprint density at radius 3 is 2.51 bits per heavy atom. The molecule has 6 rings (SSSR count). The first-order valence-electron chi connectivity index (χ1n) is 15.9. The third kappa shape index (κ3) is 7.42. The van der Waals surface area contributed by atoms with Crippen molar-refractivity contribution in [3.05, 3.63) is 82.9 Å². The van der Waals surface area contributed by atoms with Gasteiger partial charge in [-0.3, -0.25) is 39.1 Å². The Bertz CT molecular complexity index is 1590. The van der Waals surface area contributed by atoms with E-state index >= 15 is 0 Å². The molecule has 47 heavy (non-hydrogen) atoms. The molecule has 4 aliphatic rings. The summed E-state index contributed by atoms with van der Waals surface area (Å²) >= 11 is 0. The van der Waals surface area contributed by atoms with Gasteiger partial charge in [0.05, 0.1) is 23.8 Å². The maximum Gasteiger partial charge on any atom is 0.407 e. The van der Waals surface area contributed by atoms with Crippen molar-refractivity contribution in [2.45, 2.75) is 57.0 Å². The van der Waals surface area contributed by atoms with E-state index in [1.54, 1.807) is 29.2 Å². The first-order chi connectivity index (χ1) is 22.8. The zero-order chi connectivity index (χ0) is 32.9. The van der Waals surface area contributed by atoms with Crippen molar-refractivity contribution in [3.63, 3.8) is 0 Å². The average molecular weight is 644 g/mol. The van der Waals surface area contributed by atoms with Gasteiger partial charge in [-0.1, -0.05) is 42.5 Å². The summed E-state index contributed by atoms with van der Waals surface area (Å²) in [7, 11) is 0. The highest BCUT2D eigenvalue weighted by Gasteiger charge is 2.45. The molecule has 2 atom stereocenters. The molecule has 0 radical (unpaired) electrons. The van der Waals surface area contributed by atoms with Gasteiger partial charge in [0.2, 0.25) is 17.7 Å². The molecule has 2 N–H and O–H groups in total. The summed E-state index contributed by atoms with van der Waals surface area (Å²) in [6.07, 6.45) is 3.85. The van der Waals surface area contributed by atoms with Crippen LogP contribution in [0.2, 0.25) is 0 Å². The van der Waals surface area contributed by atoms with Crippen LogP contribution in [-0.2, 0) is 37.0 Å². The maximum atomic E-state index is 13.5. The number of hydrogen-bond donors (Lipinski definition) is 2. The first-order valence-corrected chi connectivity index (χ1v) is 15.9. The zero-order valence-corrected chi connectivity index (χ0v) is 25.9. The number of piperidine rings is 2. The Morgan fingerprint density at radius 1 is 0.957 bits per heavy atom. The lowest BCUT2D eigenvalue weighted by atomic mass is 10.0. The van der Waals surface area contributed by atoms with Crippen LogP contribution in [0, 0.1) is 0 Å². The number of imide groups is 2. The lowest BCUT2D eigenvalue weighted by Gasteiger charge is -2.33. The van der Waals surface area contributed by atoms with Gasteiger partial charge < -0.3 is 19.7 Å². The molecule has 0 spiro atoms. The number of carbonyl (C=O) groups is 6. The largest absolute Gasteiger partial charge is 0.445 e. The third-order valence-corrected chi connectivity index (χ3v) is 8.92. The smallest absolute Gasteiger partial charge is 0.407 e. The van der Waals surface area contributed by atoms with Crippen molar-refractivity contribution in [1.82, 2.24) is 25.3 Å². The van der Waals surface area contributed by atoms with Crippen molar-refractivity contribution in [1.29, 1.82) is 0 Å². The Hall–Kier alpha value is -4.88.